The molecule has 0 spiro atoms. The molecule has 0 saturated carbocycles. The molecule has 4 saturated heterocycles. The Bertz CT molecular complexity index is 857. The molecule has 4 atom stereocenters. The van der Waals surface area contributed by atoms with Gasteiger partial charge in [-0.3, -0.25) is 19.2 Å². The molecule has 1 aromatic rings. The maximum atomic E-state index is 13.3. The number of carbonyl (C=O) groups excluding carboxylic acids is 2. The van der Waals surface area contributed by atoms with Gasteiger partial charge in [-0.05, 0) is 63.0 Å². The Morgan fingerprint density at radius 2 is 2.03 bits per heavy atom. The first-order valence-electron chi connectivity index (χ1n) is 11.8. The van der Waals surface area contributed by atoms with Gasteiger partial charge in [0.2, 0.25) is 5.91 Å². The monoisotopic (exact) mass is 427 g/mol. The number of ether oxygens (including phenoxy) is 1. The lowest BCUT2D eigenvalue weighted by Crippen LogP contribution is -2.59. The molecule has 5 heterocycles. The first-order valence-corrected chi connectivity index (χ1v) is 11.8. The van der Waals surface area contributed by atoms with Gasteiger partial charge in [-0.1, -0.05) is 11.3 Å². The van der Waals surface area contributed by atoms with E-state index in [-0.39, 0.29) is 23.7 Å². The maximum Gasteiger partial charge on any atom is 0.308 e. The van der Waals surface area contributed by atoms with E-state index in [4.69, 9.17) is 4.74 Å². The molecular formula is C23H33N5O3. The van der Waals surface area contributed by atoms with Gasteiger partial charge in [-0.2, -0.15) is 0 Å². The second-order valence-electron chi connectivity index (χ2n) is 9.61. The van der Waals surface area contributed by atoms with Crippen LogP contribution in [0.3, 0.4) is 0 Å². The zero-order chi connectivity index (χ0) is 21.4. The van der Waals surface area contributed by atoms with E-state index in [2.05, 4.69) is 27.5 Å². The van der Waals surface area contributed by atoms with Crippen molar-refractivity contribution in [2.45, 2.75) is 57.5 Å². The average Bonchev–Trinajstić information content (AvgIpc) is 3.51. The Labute approximate surface area is 183 Å². The van der Waals surface area contributed by atoms with Gasteiger partial charge in [-0.15, -0.1) is 5.10 Å². The molecule has 0 radical (unpaired) electrons. The fourth-order valence-electron chi connectivity index (χ4n) is 6.00. The highest BCUT2D eigenvalue weighted by Gasteiger charge is 2.45. The first kappa shape index (κ1) is 20.7. The van der Waals surface area contributed by atoms with Crippen molar-refractivity contribution < 1.29 is 14.3 Å². The molecule has 31 heavy (non-hydrogen) atoms. The summed E-state index contributed by atoms with van der Waals surface area (Å²) in [5.74, 6) is 0.625. The van der Waals surface area contributed by atoms with Crippen molar-refractivity contribution in [2.24, 2.45) is 17.8 Å². The number of piperidine rings is 4. The Morgan fingerprint density at radius 1 is 1.19 bits per heavy atom. The maximum absolute atomic E-state index is 13.3. The Hall–Kier alpha value is -2.22. The van der Waals surface area contributed by atoms with Crippen molar-refractivity contribution >= 4 is 17.4 Å². The van der Waals surface area contributed by atoms with Crippen molar-refractivity contribution in [1.29, 1.82) is 0 Å². The predicted molar refractivity (Wildman–Crippen MR) is 115 cm³/mol. The molecule has 1 aromatic heterocycles. The number of fused-ring (bicyclic) bond motifs is 3. The fourth-order valence-corrected chi connectivity index (χ4v) is 6.00. The topological polar surface area (TPSA) is 80.6 Å². The van der Waals surface area contributed by atoms with Crippen LogP contribution in [0, 0.1) is 17.8 Å². The number of likely N-dealkylation sites (tertiary alicyclic amines) is 1. The van der Waals surface area contributed by atoms with Crippen LogP contribution in [0.25, 0.3) is 5.57 Å². The molecule has 4 fully saturated rings. The van der Waals surface area contributed by atoms with E-state index in [0.717, 1.165) is 51.0 Å². The van der Waals surface area contributed by atoms with Gasteiger partial charge in [0.25, 0.3) is 0 Å². The van der Waals surface area contributed by atoms with Crippen LogP contribution in [0.1, 0.15) is 50.6 Å². The third kappa shape index (κ3) is 4.14. The van der Waals surface area contributed by atoms with E-state index in [1.165, 1.54) is 19.1 Å². The zero-order valence-corrected chi connectivity index (χ0v) is 18.4. The van der Waals surface area contributed by atoms with Gasteiger partial charge in [0, 0.05) is 25.7 Å². The molecular weight excluding hydrogens is 394 g/mol. The number of amides is 1. The van der Waals surface area contributed by atoms with Crippen molar-refractivity contribution in [3.05, 3.63) is 18.0 Å². The van der Waals surface area contributed by atoms with Crippen LogP contribution in [0.4, 0.5) is 0 Å². The van der Waals surface area contributed by atoms with E-state index in [1.54, 1.807) is 0 Å². The lowest BCUT2D eigenvalue weighted by Gasteiger charge is -2.50. The number of rotatable bonds is 5. The third-order valence-electron chi connectivity index (χ3n) is 7.84. The summed E-state index contributed by atoms with van der Waals surface area (Å²) < 4.78 is 6.86. The largest absolute Gasteiger partial charge is 0.469 e. The third-order valence-corrected chi connectivity index (χ3v) is 7.84. The van der Waals surface area contributed by atoms with Crippen molar-refractivity contribution in [3.8, 4) is 0 Å². The fraction of sp³-hybridized carbons (Fsp3) is 0.739. The summed E-state index contributed by atoms with van der Waals surface area (Å²) >= 11 is 0. The van der Waals surface area contributed by atoms with Gasteiger partial charge < -0.3 is 9.64 Å². The predicted octanol–water partition coefficient (Wildman–Crippen LogP) is 1.97. The van der Waals surface area contributed by atoms with E-state index in [1.807, 2.05) is 9.58 Å². The minimum Gasteiger partial charge on any atom is -0.469 e. The second kappa shape index (κ2) is 8.73. The van der Waals surface area contributed by atoms with E-state index in [0.29, 0.717) is 37.9 Å². The summed E-state index contributed by atoms with van der Waals surface area (Å²) in [6.07, 6.45) is 11.4. The summed E-state index contributed by atoms with van der Waals surface area (Å²) in [5, 5.41) is 8.77. The number of esters is 1. The number of methoxy groups -OCH3 is 1. The Morgan fingerprint density at radius 3 is 2.71 bits per heavy atom. The number of nitrogens with zero attached hydrogens (tertiary/aromatic N) is 5. The van der Waals surface area contributed by atoms with Crippen LogP contribution in [0.2, 0.25) is 0 Å². The molecule has 2 bridgehead atoms. The number of hydrogen-bond acceptors (Lipinski definition) is 6. The summed E-state index contributed by atoms with van der Waals surface area (Å²) in [6, 6.07) is 0.431. The highest BCUT2D eigenvalue weighted by Crippen LogP contribution is 2.38. The molecule has 1 amide bonds. The number of carbonyl (C=O) groups is 2. The van der Waals surface area contributed by atoms with Crippen molar-refractivity contribution in [3.63, 3.8) is 0 Å². The summed E-state index contributed by atoms with van der Waals surface area (Å²) in [6.45, 7) is 4.10. The van der Waals surface area contributed by atoms with E-state index in [9.17, 15) is 9.59 Å². The van der Waals surface area contributed by atoms with Gasteiger partial charge in [0.15, 0.2) is 0 Å². The minimum absolute atomic E-state index is 0.0578. The average molecular weight is 428 g/mol. The second-order valence-corrected chi connectivity index (χ2v) is 9.61. The lowest BCUT2D eigenvalue weighted by molar-refractivity contribution is -0.152. The zero-order valence-electron chi connectivity index (χ0n) is 18.4. The van der Waals surface area contributed by atoms with Crippen LogP contribution in [-0.4, -0.2) is 76.0 Å². The Kier molecular flexibility index (Phi) is 5.82. The molecule has 1 unspecified atom stereocenters. The van der Waals surface area contributed by atoms with Gasteiger partial charge in [-0.25, -0.2) is 0 Å². The summed E-state index contributed by atoms with van der Waals surface area (Å²) in [4.78, 5) is 29.5. The normalized spacial score (nSPS) is 31.0. The molecule has 168 valence electrons. The van der Waals surface area contributed by atoms with E-state index >= 15 is 0 Å². The number of hydrogen-bond donors (Lipinski definition) is 0. The minimum atomic E-state index is -0.140. The van der Waals surface area contributed by atoms with Crippen LogP contribution >= 0.6 is 0 Å². The van der Waals surface area contributed by atoms with Crippen LogP contribution in [-0.2, 0) is 20.9 Å². The van der Waals surface area contributed by atoms with Crippen molar-refractivity contribution in [1.82, 2.24) is 24.8 Å². The first-order chi connectivity index (χ1) is 15.1. The highest BCUT2D eigenvalue weighted by atomic mass is 16.5. The molecule has 6 rings (SSSR count). The molecule has 8 heteroatoms. The molecule has 0 N–H and O–H groups in total. The van der Waals surface area contributed by atoms with Gasteiger partial charge >= 0.3 is 5.97 Å². The molecule has 1 aliphatic carbocycles. The number of aromatic nitrogens is 3. The highest BCUT2D eigenvalue weighted by molar-refractivity contribution is 5.80. The van der Waals surface area contributed by atoms with Gasteiger partial charge in [0.05, 0.1) is 31.7 Å². The van der Waals surface area contributed by atoms with Crippen molar-refractivity contribution in [2.75, 3.05) is 33.3 Å². The molecule has 4 aliphatic heterocycles. The summed E-state index contributed by atoms with van der Waals surface area (Å²) in [5.41, 5.74) is 2.36. The van der Waals surface area contributed by atoms with Crippen LogP contribution in [0.5, 0.6) is 0 Å². The van der Waals surface area contributed by atoms with Crippen LogP contribution < -0.4 is 0 Å². The molecule has 8 nitrogen and oxygen atoms in total. The number of allylic oxidation sites excluding steroid dienone is 2. The van der Waals surface area contributed by atoms with Crippen LogP contribution in [0.15, 0.2) is 12.3 Å². The summed E-state index contributed by atoms with van der Waals surface area (Å²) in [7, 11) is 1.44. The standard InChI is InChI=1S/C23H33N5O3/c1-31-23(30)17-6-9-26(10-7-17)22(29)20-14-27-11-8-18(20)12-19(27)13-28-15-21(24-25-28)16-4-2-3-5-16/h4,15,17-20H,2-3,5-14H2,1H3/t18-,19-,20-/m1/s1. The molecule has 5 aliphatic rings. The Balaban J connectivity index is 1.17. The lowest BCUT2D eigenvalue weighted by atomic mass is 9.74. The quantitative estimate of drug-likeness (QED) is 0.669. The molecule has 0 aromatic carbocycles. The van der Waals surface area contributed by atoms with Gasteiger partial charge in [0.1, 0.15) is 5.69 Å². The smallest absolute Gasteiger partial charge is 0.308 e. The SMILES string of the molecule is COC(=O)C1CCN(C(=O)[C@@H]2CN3CC[C@@H]2C[C@@H]3Cn2cc(C3=CCCC3)nn2)CC1. The van der Waals surface area contributed by atoms with E-state index < -0.39 is 0 Å².